The van der Waals surface area contributed by atoms with Crippen LogP contribution in [0.5, 0.6) is 0 Å². The van der Waals surface area contributed by atoms with Gasteiger partial charge in [0.2, 0.25) is 5.95 Å². The van der Waals surface area contributed by atoms with Crippen LogP contribution in [-0.2, 0) is 13.0 Å². The Labute approximate surface area is 149 Å². The van der Waals surface area contributed by atoms with Crippen LogP contribution in [-0.4, -0.2) is 27.7 Å². The van der Waals surface area contributed by atoms with Crippen molar-refractivity contribution in [2.24, 2.45) is 0 Å². The van der Waals surface area contributed by atoms with Gasteiger partial charge in [0, 0.05) is 25.3 Å². The number of hydrogen-bond donors (Lipinski definition) is 2. The predicted molar refractivity (Wildman–Crippen MR) is 99.7 cm³/mol. The van der Waals surface area contributed by atoms with E-state index in [1.54, 1.807) is 0 Å². The van der Waals surface area contributed by atoms with Crippen molar-refractivity contribution in [3.05, 3.63) is 47.2 Å². The van der Waals surface area contributed by atoms with Gasteiger partial charge in [0.25, 0.3) is 0 Å². The lowest BCUT2D eigenvalue weighted by Gasteiger charge is -2.30. The average molecular weight is 338 g/mol. The molecule has 1 aromatic heterocycles. The van der Waals surface area contributed by atoms with Gasteiger partial charge >= 0.3 is 0 Å². The Hall–Kier alpha value is -2.14. The molecule has 2 N–H and O–H groups in total. The molecule has 2 heterocycles. The molecule has 0 saturated heterocycles. The molecule has 1 aliphatic carbocycles. The fourth-order valence-corrected chi connectivity index (χ4v) is 3.88. The van der Waals surface area contributed by atoms with Crippen molar-refractivity contribution >= 4 is 11.8 Å². The van der Waals surface area contributed by atoms with Crippen LogP contribution in [0.4, 0.5) is 11.8 Å². The van der Waals surface area contributed by atoms with E-state index < -0.39 is 6.10 Å². The number of hydrogen-bond acceptors (Lipinski definition) is 5. The van der Waals surface area contributed by atoms with Crippen LogP contribution in [0.15, 0.2) is 30.5 Å². The molecule has 2 aromatic rings. The van der Waals surface area contributed by atoms with Crippen LogP contribution in [0.2, 0.25) is 0 Å². The Balaban J connectivity index is 1.49. The average Bonchev–Trinajstić information content (AvgIpc) is 3.14. The Morgan fingerprint density at radius 1 is 1.20 bits per heavy atom. The van der Waals surface area contributed by atoms with Gasteiger partial charge in [-0.1, -0.05) is 31.0 Å². The van der Waals surface area contributed by atoms with Gasteiger partial charge in [-0.2, -0.15) is 4.98 Å². The maximum absolute atomic E-state index is 9.77. The van der Waals surface area contributed by atoms with Gasteiger partial charge in [0.1, 0.15) is 5.82 Å². The van der Waals surface area contributed by atoms with Crippen LogP contribution in [0.25, 0.3) is 0 Å². The summed E-state index contributed by atoms with van der Waals surface area (Å²) in [7, 11) is 0. The minimum Gasteiger partial charge on any atom is -0.389 e. The third-order valence-corrected chi connectivity index (χ3v) is 5.38. The standard InChI is InChI=1S/C20H26N4O/c1-14(25)15-6-7-17-13-24(11-9-16(17)12-15)19-8-10-21-20(23-19)22-18-4-2-3-5-18/h6-8,10,12,14,18,25H,2-5,9,11,13H2,1H3,(H,21,22,23)/t14-/m0/s1. The number of nitrogens with one attached hydrogen (secondary N) is 1. The van der Waals surface area contributed by atoms with Gasteiger partial charge in [-0.3, -0.25) is 0 Å². The topological polar surface area (TPSA) is 61.3 Å². The molecule has 1 aromatic carbocycles. The van der Waals surface area contributed by atoms with E-state index in [-0.39, 0.29) is 0 Å². The van der Waals surface area contributed by atoms with E-state index in [2.05, 4.69) is 27.3 Å². The largest absolute Gasteiger partial charge is 0.389 e. The quantitative estimate of drug-likeness (QED) is 0.894. The normalized spacial score (nSPS) is 18.9. The van der Waals surface area contributed by atoms with Crippen molar-refractivity contribution in [2.75, 3.05) is 16.8 Å². The molecule has 1 atom stereocenters. The number of benzene rings is 1. The summed E-state index contributed by atoms with van der Waals surface area (Å²) in [4.78, 5) is 11.5. The lowest BCUT2D eigenvalue weighted by molar-refractivity contribution is 0.199. The molecule has 25 heavy (non-hydrogen) atoms. The molecule has 0 spiro atoms. The second-order valence-corrected chi connectivity index (χ2v) is 7.24. The molecule has 1 aliphatic heterocycles. The van der Waals surface area contributed by atoms with Crippen LogP contribution in [0.1, 0.15) is 55.4 Å². The summed E-state index contributed by atoms with van der Waals surface area (Å²) in [5.74, 6) is 1.74. The molecule has 0 radical (unpaired) electrons. The van der Waals surface area contributed by atoms with E-state index in [0.717, 1.165) is 36.8 Å². The van der Waals surface area contributed by atoms with Crippen molar-refractivity contribution in [1.82, 2.24) is 9.97 Å². The molecule has 4 rings (SSSR count). The lowest BCUT2D eigenvalue weighted by atomic mass is 9.96. The van der Waals surface area contributed by atoms with E-state index in [9.17, 15) is 5.11 Å². The van der Waals surface area contributed by atoms with Gasteiger partial charge < -0.3 is 15.3 Å². The van der Waals surface area contributed by atoms with E-state index in [1.165, 1.54) is 36.8 Å². The lowest BCUT2D eigenvalue weighted by Crippen LogP contribution is -2.31. The summed E-state index contributed by atoms with van der Waals surface area (Å²) in [6.07, 6.45) is 7.46. The zero-order valence-corrected chi connectivity index (χ0v) is 14.8. The van der Waals surface area contributed by atoms with Crippen LogP contribution >= 0.6 is 0 Å². The molecule has 2 aliphatic rings. The number of aromatic nitrogens is 2. The Bertz CT molecular complexity index is 740. The molecule has 0 amide bonds. The Kier molecular flexibility index (Phi) is 4.57. The fourth-order valence-electron chi connectivity index (χ4n) is 3.88. The number of nitrogens with zero attached hydrogens (tertiary/aromatic N) is 3. The predicted octanol–water partition coefficient (Wildman–Crippen LogP) is 3.45. The summed E-state index contributed by atoms with van der Waals surface area (Å²) in [5, 5.41) is 13.3. The first-order chi connectivity index (χ1) is 12.2. The fraction of sp³-hybridized carbons (Fsp3) is 0.500. The Morgan fingerprint density at radius 3 is 2.84 bits per heavy atom. The SMILES string of the molecule is C[C@H](O)c1ccc2c(c1)CCN(c1ccnc(NC3CCCC3)n1)C2. The van der Waals surface area contributed by atoms with Crippen molar-refractivity contribution in [1.29, 1.82) is 0 Å². The summed E-state index contributed by atoms with van der Waals surface area (Å²) in [6, 6.07) is 8.83. The van der Waals surface area contributed by atoms with E-state index in [1.807, 2.05) is 25.3 Å². The molecular weight excluding hydrogens is 312 g/mol. The molecule has 1 fully saturated rings. The minimum absolute atomic E-state index is 0.408. The molecule has 0 bridgehead atoms. The number of aliphatic hydroxyl groups is 1. The summed E-state index contributed by atoms with van der Waals surface area (Å²) < 4.78 is 0. The first kappa shape index (κ1) is 16.3. The molecule has 5 heteroatoms. The molecular formula is C20H26N4O. The van der Waals surface area contributed by atoms with Crippen LogP contribution in [0, 0.1) is 0 Å². The summed E-state index contributed by atoms with van der Waals surface area (Å²) in [6.45, 7) is 3.61. The maximum atomic E-state index is 9.77. The van der Waals surface area contributed by atoms with E-state index >= 15 is 0 Å². The highest BCUT2D eigenvalue weighted by molar-refractivity contribution is 5.47. The second kappa shape index (κ2) is 7.00. The highest BCUT2D eigenvalue weighted by Gasteiger charge is 2.20. The third-order valence-electron chi connectivity index (χ3n) is 5.38. The zero-order chi connectivity index (χ0) is 17.2. The summed E-state index contributed by atoms with van der Waals surface area (Å²) in [5.41, 5.74) is 3.66. The van der Waals surface area contributed by atoms with Gasteiger partial charge in [-0.15, -0.1) is 0 Å². The molecule has 132 valence electrons. The van der Waals surface area contributed by atoms with Crippen LogP contribution in [0.3, 0.4) is 0 Å². The zero-order valence-electron chi connectivity index (χ0n) is 14.8. The minimum atomic E-state index is -0.408. The summed E-state index contributed by atoms with van der Waals surface area (Å²) >= 11 is 0. The molecule has 0 unspecified atom stereocenters. The highest BCUT2D eigenvalue weighted by atomic mass is 16.3. The number of aliphatic hydroxyl groups excluding tert-OH is 1. The monoisotopic (exact) mass is 338 g/mol. The van der Waals surface area contributed by atoms with Gasteiger partial charge in [-0.25, -0.2) is 4.98 Å². The molecule has 5 nitrogen and oxygen atoms in total. The van der Waals surface area contributed by atoms with Gasteiger partial charge in [0.05, 0.1) is 6.10 Å². The van der Waals surface area contributed by atoms with Crippen molar-refractivity contribution in [3.8, 4) is 0 Å². The first-order valence-corrected chi connectivity index (χ1v) is 9.33. The van der Waals surface area contributed by atoms with Gasteiger partial charge in [0.15, 0.2) is 0 Å². The second-order valence-electron chi connectivity index (χ2n) is 7.24. The smallest absolute Gasteiger partial charge is 0.224 e. The highest BCUT2D eigenvalue weighted by Crippen LogP contribution is 2.27. The van der Waals surface area contributed by atoms with Crippen LogP contribution < -0.4 is 10.2 Å². The number of anilines is 2. The van der Waals surface area contributed by atoms with Crippen molar-refractivity contribution in [3.63, 3.8) is 0 Å². The van der Waals surface area contributed by atoms with Gasteiger partial charge in [-0.05, 0) is 48.9 Å². The van der Waals surface area contributed by atoms with E-state index in [4.69, 9.17) is 4.98 Å². The third kappa shape index (κ3) is 3.61. The Morgan fingerprint density at radius 2 is 2.04 bits per heavy atom. The first-order valence-electron chi connectivity index (χ1n) is 9.33. The maximum Gasteiger partial charge on any atom is 0.224 e. The van der Waals surface area contributed by atoms with Crippen molar-refractivity contribution in [2.45, 2.75) is 57.7 Å². The molecule has 1 saturated carbocycles. The number of fused-ring (bicyclic) bond motifs is 1. The van der Waals surface area contributed by atoms with Crippen molar-refractivity contribution < 1.29 is 5.11 Å². The van der Waals surface area contributed by atoms with E-state index in [0.29, 0.717) is 6.04 Å². The number of rotatable bonds is 4.